The van der Waals surface area contributed by atoms with E-state index in [1.807, 2.05) is 27.7 Å². The minimum Gasteiger partial charge on any atom is -0.465 e. The fourth-order valence-corrected chi connectivity index (χ4v) is 8.61. The van der Waals surface area contributed by atoms with Gasteiger partial charge in [0.05, 0.1) is 37.0 Å². The van der Waals surface area contributed by atoms with E-state index in [0.29, 0.717) is 0 Å². The van der Waals surface area contributed by atoms with Crippen LogP contribution in [0.15, 0.2) is 30.3 Å². The summed E-state index contributed by atoms with van der Waals surface area (Å²) in [5, 5.41) is 11.4. The maximum Gasteiger partial charge on any atom is 0.366 e. The summed E-state index contributed by atoms with van der Waals surface area (Å²) >= 11 is 18.2. The fourth-order valence-electron chi connectivity index (χ4n) is 8.48. The summed E-state index contributed by atoms with van der Waals surface area (Å²) in [5.41, 5.74) is 0.199. The molecule has 0 aromatic heterocycles. The van der Waals surface area contributed by atoms with Gasteiger partial charge in [0.25, 0.3) is 9.58 Å². The van der Waals surface area contributed by atoms with Gasteiger partial charge in [-0.1, -0.05) is 94.5 Å². The molecule has 16 atom stereocenters. The molecule has 0 bridgehead atoms. The molecule has 3 heterocycles. The maximum atomic E-state index is 14.4. The standard InChI is InChI=1S/C45H63Cl3N2O17/c1-21-17-44(43(56)57-11,66-36(22(21)2)25(5)33(61-30(10)54)19-59-29(9)53)67-37-26(6)40(65-42(49)45(46,47)48)63-34(20-60-39(55)31-15-13-12-14-16-31)38(37)64-41-35(50-27(7)51)24(4)23(3)32(62-41)18-58-28(8)52/h12-16,21-26,32-38,40-41,49H,17-20H2,1-11H3,(H,50,51)/t21?,22-,23-,24+,25-,26?,32?,33-,34?,35?,36-,37-,38+,40?,41+,44+/m1/s1. The van der Waals surface area contributed by atoms with E-state index >= 15 is 0 Å². The first-order valence-corrected chi connectivity index (χ1v) is 23.1. The number of hydrogen-bond donors (Lipinski definition) is 2. The van der Waals surface area contributed by atoms with Crippen molar-refractivity contribution in [3.05, 3.63) is 35.9 Å². The van der Waals surface area contributed by atoms with E-state index in [0.717, 1.165) is 7.11 Å². The molecule has 0 saturated carbocycles. The second-order valence-corrected chi connectivity index (χ2v) is 19.7. The summed E-state index contributed by atoms with van der Waals surface area (Å²) in [7, 11) is 1.14. The lowest BCUT2D eigenvalue weighted by atomic mass is 9.76. The van der Waals surface area contributed by atoms with Crippen LogP contribution >= 0.6 is 34.8 Å². The van der Waals surface area contributed by atoms with Gasteiger partial charge in [-0.05, 0) is 35.8 Å². The highest BCUT2D eigenvalue weighted by atomic mass is 35.6. The number of rotatable bonds is 17. The molecular formula is C45H63Cl3N2O17. The molecule has 1 aromatic rings. The Labute approximate surface area is 405 Å². The third kappa shape index (κ3) is 14.6. The summed E-state index contributed by atoms with van der Waals surface area (Å²) in [6, 6.07) is 7.24. The second-order valence-electron chi connectivity index (χ2n) is 17.5. The zero-order valence-corrected chi connectivity index (χ0v) is 41.7. The van der Waals surface area contributed by atoms with Crippen molar-refractivity contribution in [1.29, 1.82) is 5.41 Å². The van der Waals surface area contributed by atoms with Crippen molar-refractivity contribution >= 4 is 76.5 Å². The number of halogens is 3. The lowest BCUT2D eigenvalue weighted by Crippen LogP contribution is -2.66. The summed E-state index contributed by atoms with van der Waals surface area (Å²) in [5.74, 6) is -10.3. The highest BCUT2D eigenvalue weighted by Gasteiger charge is 2.59. The van der Waals surface area contributed by atoms with E-state index in [-0.39, 0.29) is 48.9 Å². The second kappa shape index (κ2) is 24.1. The largest absolute Gasteiger partial charge is 0.465 e. The first kappa shape index (κ1) is 55.8. The molecule has 22 heteroatoms. The average Bonchev–Trinajstić information content (AvgIpc) is 3.25. The van der Waals surface area contributed by atoms with Crippen molar-refractivity contribution in [3.8, 4) is 0 Å². The summed E-state index contributed by atoms with van der Waals surface area (Å²) in [6.45, 7) is 14.7. The highest BCUT2D eigenvalue weighted by Crippen LogP contribution is 2.46. The molecule has 3 saturated heterocycles. The molecule has 6 unspecified atom stereocenters. The summed E-state index contributed by atoms with van der Waals surface area (Å²) in [6.07, 6.45) is -9.94. The van der Waals surface area contributed by atoms with Crippen LogP contribution in [-0.4, -0.2) is 133 Å². The first-order chi connectivity index (χ1) is 31.3. The Kier molecular flexibility index (Phi) is 20.1. The molecular weight excluding hydrogens is 947 g/mol. The number of ether oxygens (including phenoxy) is 11. The van der Waals surface area contributed by atoms with Crippen LogP contribution in [0.4, 0.5) is 0 Å². The molecule has 0 radical (unpaired) electrons. The van der Waals surface area contributed by atoms with Gasteiger partial charge in [-0.15, -0.1) is 0 Å². The molecule has 67 heavy (non-hydrogen) atoms. The van der Waals surface area contributed by atoms with E-state index < -0.39 is 125 Å². The molecule has 0 aliphatic carbocycles. The number of methoxy groups -OCH3 is 1. The van der Waals surface area contributed by atoms with Crippen LogP contribution in [0.3, 0.4) is 0 Å². The van der Waals surface area contributed by atoms with Crippen LogP contribution in [0.2, 0.25) is 0 Å². The number of esters is 5. The third-order valence-corrected chi connectivity index (χ3v) is 13.1. The van der Waals surface area contributed by atoms with Gasteiger partial charge >= 0.3 is 29.8 Å². The number of carbonyl (C=O) groups excluding carboxylic acids is 6. The molecule has 2 N–H and O–H groups in total. The molecule has 4 rings (SSSR count). The predicted octanol–water partition coefficient (Wildman–Crippen LogP) is 5.47. The van der Waals surface area contributed by atoms with E-state index in [9.17, 15) is 28.8 Å². The highest BCUT2D eigenvalue weighted by molar-refractivity contribution is 6.76. The van der Waals surface area contributed by atoms with Crippen molar-refractivity contribution in [2.75, 3.05) is 26.9 Å². The Balaban J connectivity index is 1.91. The molecule has 3 aliphatic rings. The number of nitrogens with one attached hydrogen (secondary N) is 2. The zero-order chi connectivity index (χ0) is 50.1. The Morgan fingerprint density at radius 1 is 0.806 bits per heavy atom. The van der Waals surface area contributed by atoms with Gasteiger partial charge in [0.2, 0.25) is 18.1 Å². The van der Waals surface area contributed by atoms with E-state index in [4.69, 9.17) is 92.3 Å². The van der Waals surface area contributed by atoms with Crippen molar-refractivity contribution in [1.82, 2.24) is 5.32 Å². The third-order valence-electron chi connectivity index (χ3n) is 12.6. The summed E-state index contributed by atoms with van der Waals surface area (Å²) < 4.78 is 64.6. The molecule has 19 nitrogen and oxygen atoms in total. The Morgan fingerprint density at radius 2 is 1.42 bits per heavy atom. The Hall–Kier alpha value is -3.82. The fraction of sp³-hybridized carbons (Fsp3) is 0.711. The number of benzene rings is 1. The van der Waals surface area contributed by atoms with Gasteiger partial charge < -0.3 is 57.4 Å². The minimum absolute atomic E-state index is 0.111. The molecule has 3 fully saturated rings. The summed E-state index contributed by atoms with van der Waals surface area (Å²) in [4.78, 5) is 76.9. The molecule has 3 aliphatic heterocycles. The van der Waals surface area contributed by atoms with Crippen LogP contribution in [0.1, 0.15) is 86.0 Å². The number of amides is 1. The van der Waals surface area contributed by atoms with Crippen molar-refractivity contribution < 1.29 is 80.9 Å². The van der Waals surface area contributed by atoms with Gasteiger partial charge in [-0.2, -0.15) is 0 Å². The van der Waals surface area contributed by atoms with Crippen LogP contribution in [0, 0.1) is 40.9 Å². The first-order valence-electron chi connectivity index (χ1n) is 22.0. The van der Waals surface area contributed by atoms with Crippen LogP contribution in [-0.2, 0) is 76.1 Å². The van der Waals surface area contributed by atoms with Crippen LogP contribution < -0.4 is 5.32 Å². The molecule has 1 amide bonds. The monoisotopic (exact) mass is 1010 g/mol. The van der Waals surface area contributed by atoms with Gasteiger partial charge in [0.15, 0.2) is 6.29 Å². The van der Waals surface area contributed by atoms with Gasteiger partial charge in [0, 0.05) is 46.0 Å². The predicted molar refractivity (Wildman–Crippen MR) is 239 cm³/mol. The average molecular weight is 1010 g/mol. The Bertz CT molecular complexity index is 1900. The molecule has 0 spiro atoms. The number of hydrogen-bond acceptors (Lipinski definition) is 18. The number of alkyl halides is 3. The topological polar surface area (TPSA) is 240 Å². The SMILES string of the molecule is COC(=O)[C@@]1(O[C@@H]2C(C)C(OC(=N)C(Cl)(Cl)Cl)OC(COC(=O)c3ccccc3)[C@@H]2O[C@@H]2OC(COC(C)=O)[C@H](C)[C@H](C)C2NC(C)=O)CC(C)[C@@H](C)[C@H]([C@H](C)[C@@H](COC(C)=O)OC(C)=O)O1. The molecule has 1 aromatic carbocycles. The van der Waals surface area contributed by atoms with Gasteiger partial charge in [0.1, 0.15) is 38.1 Å². The van der Waals surface area contributed by atoms with E-state index in [1.54, 1.807) is 44.2 Å². The quantitative estimate of drug-likeness (QED) is 0.0647. The smallest absolute Gasteiger partial charge is 0.366 e. The normalized spacial score (nSPS) is 32.9. The van der Waals surface area contributed by atoms with Crippen LogP contribution in [0.25, 0.3) is 0 Å². The van der Waals surface area contributed by atoms with Crippen molar-refractivity contribution in [3.63, 3.8) is 0 Å². The number of carbonyl (C=O) groups is 6. The lowest BCUT2D eigenvalue weighted by molar-refractivity contribution is -0.374. The molecule has 376 valence electrons. The van der Waals surface area contributed by atoms with E-state index in [1.165, 1.54) is 27.7 Å². The zero-order valence-electron chi connectivity index (χ0n) is 39.4. The minimum atomic E-state index is -2.37. The maximum absolute atomic E-state index is 14.4. The lowest BCUT2D eigenvalue weighted by Gasteiger charge is -2.53. The van der Waals surface area contributed by atoms with Crippen LogP contribution in [0.5, 0.6) is 0 Å². The van der Waals surface area contributed by atoms with Gasteiger partial charge in [-0.3, -0.25) is 24.6 Å². The Morgan fingerprint density at radius 3 is 1.99 bits per heavy atom. The van der Waals surface area contributed by atoms with Gasteiger partial charge in [-0.25, -0.2) is 9.59 Å². The van der Waals surface area contributed by atoms with E-state index in [2.05, 4.69) is 5.32 Å². The van der Waals surface area contributed by atoms with Crippen molar-refractivity contribution in [2.45, 2.75) is 140 Å². The van der Waals surface area contributed by atoms with Crippen molar-refractivity contribution in [2.24, 2.45) is 35.5 Å².